The number of anilines is 1. The Bertz CT molecular complexity index is 913. The highest BCUT2D eigenvalue weighted by atomic mass is 32.2. The van der Waals surface area contributed by atoms with Gasteiger partial charge in [0.25, 0.3) is 0 Å². The number of hydrogen-bond acceptors (Lipinski definition) is 4. The summed E-state index contributed by atoms with van der Waals surface area (Å²) in [5.41, 5.74) is 2.83. The molecule has 1 aliphatic rings. The van der Waals surface area contributed by atoms with Gasteiger partial charge >= 0.3 is 0 Å². The Balaban J connectivity index is 1.72. The zero-order valence-electron chi connectivity index (χ0n) is 14.8. The molecule has 7 heteroatoms. The van der Waals surface area contributed by atoms with Gasteiger partial charge in [0.2, 0.25) is 15.9 Å². The van der Waals surface area contributed by atoms with Gasteiger partial charge in [0.1, 0.15) is 0 Å². The fraction of sp³-hybridized carbons (Fsp3) is 0.316. The van der Waals surface area contributed by atoms with Crippen molar-refractivity contribution in [3.63, 3.8) is 0 Å². The van der Waals surface area contributed by atoms with Gasteiger partial charge in [0, 0.05) is 11.7 Å². The first-order chi connectivity index (χ1) is 12.3. The molecule has 138 valence electrons. The van der Waals surface area contributed by atoms with Crippen LogP contribution in [0.3, 0.4) is 0 Å². The fourth-order valence-corrected chi connectivity index (χ4v) is 3.92. The van der Waals surface area contributed by atoms with Crippen molar-refractivity contribution in [1.29, 1.82) is 0 Å². The molecule has 0 saturated heterocycles. The maximum absolute atomic E-state index is 12.5. The quantitative estimate of drug-likeness (QED) is 0.838. The minimum Gasteiger partial charge on any atom is -0.359 e. The summed E-state index contributed by atoms with van der Waals surface area (Å²) in [6, 6.07) is 14.6. The largest absolute Gasteiger partial charge is 0.359 e. The smallest absolute Gasteiger partial charge is 0.240 e. The molecule has 2 aromatic rings. The third kappa shape index (κ3) is 3.89. The van der Waals surface area contributed by atoms with E-state index >= 15 is 0 Å². The van der Waals surface area contributed by atoms with Crippen LogP contribution in [-0.2, 0) is 21.2 Å². The summed E-state index contributed by atoms with van der Waals surface area (Å²) >= 11 is 0. The number of nitrogens with zero attached hydrogens (tertiary/aromatic N) is 1. The number of benzene rings is 2. The molecule has 0 bridgehead atoms. The molecule has 0 aliphatic carbocycles. The molecule has 3 N–H and O–H groups in total. The van der Waals surface area contributed by atoms with E-state index in [1.165, 1.54) is 6.07 Å². The van der Waals surface area contributed by atoms with Crippen LogP contribution in [0.4, 0.5) is 5.69 Å². The van der Waals surface area contributed by atoms with Gasteiger partial charge in [-0.1, -0.05) is 30.3 Å². The molecule has 0 spiro atoms. The maximum Gasteiger partial charge on any atom is 0.240 e. The van der Waals surface area contributed by atoms with E-state index in [1.54, 1.807) is 12.1 Å². The average Bonchev–Trinajstić information content (AvgIpc) is 2.89. The number of fused-ring (bicyclic) bond motifs is 1. The van der Waals surface area contributed by atoms with Gasteiger partial charge in [-0.25, -0.2) is 13.6 Å². The third-order valence-corrected chi connectivity index (χ3v) is 5.64. The molecule has 0 radical (unpaired) electrons. The van der Waals surface area contributed by atoms with Crippen molar-refractivity contribution >= 4 is 21.6 Å². The van der Waals surface area contributed by atoms with Crippen molar-refractivity contribution in [2.24, 2.45) is 5.14 Å². The lowest BCUT2D eigenvalue weighted by atomic mass is 10.1. The first-order valence-corrected chi connectivity index (χ1v) is 10.1. The maximum atomic E-state index is 12.5. The summed E-state index contributed by atoms with van der Waals surface area (Å²) in [7, 11) is -3.73. The van der Waals surface area contributed by atoms with E-state index in [0.717, 1.165) is 16.8 Å². The van der Waals surface area contributed by atoms with E-state index < -0.39 is 10.0 Å². The zero-order chi connectivity index (χ0) is 18.9. The highest BCUT2D eigenvalue weighted by Gasteiger charge is 2.29. The first-order valence-electron chi connectivity index (χ1n) is 8.52. The van der Waals surface area contributed by atoms with Crippen LogP contribution in [-0.4, -0.2) is 26.9 Å². The zero-order valence-corrected chi connectivity index (χ0v) is 15.7. The summed E-state index contributed by atoms with van der Waals surface area (Å²) in [6.45, 7) is 4.19. The molecule has 2 atom stereocenters. The van der Waals surface area contributed by atoms with Crippen LogP contribution in [0.15, 0.2) is 53.4 Å². The van der Waals surface area contributed by atoms with Gasteiger partial charge in [0.05, 0.1) is 17.5 Å². The van der Waals surface area contributed by atoms with E-state index in [4.69, 9.17) is 5.14 Å². The van der Waals surface area contributed by atoms with Crippen molar-refractivity contribution in [2.75, 3.05) is 11.4 Å². The SMILES string of the molecule is C[C@@H](NC(=O)CN1c2ccc(S(N)(=O)=O)cc2C[C@@H]1C)c1ccccc1. The third-order valence-electron chi connectivity index (χ3n) is 4.73. The molecule has 1 amide bonds. The monoisotopic (exact) mass is 373 g/mol. The van der Waals surface area contributed by atoms with Crippen molar-refractivity contribution in [2.45, 2.75) is 37.2 Å². The van der Waals surface area contributed by atoms with E-state index in [2.05, 4.69) is 5.32 Å². The van der Waals surface area contributed by atoms with Crippen molar-refractivity contribution < 1.29 is 13.2 Å². The summed E-state index contributed by atoms with van der Waals surface area (Å²) in [6.07, 6.45) is 0.681. The first kappa shape index (κ1) is 18.4. The fourth-order valence-electron chi connectivity index (χ4n) is 3.36. The number of hydrogen-bond donors (Lipinski definition) is 2. The molecular weight excluding hydrogens is 350 g/mol. The van der Waals surface area contributed by atoms with Crippen LogP contribution in [0.5, 0.6) is 0 Å². The summed E-state index contributed by atoms with van der Waals surface area (Å²) in [4.78, 5) is 14.6. The molecule has 6 nitrogen and oxygen atoms in total. The Morgan fingerprint density at radius 1 is 1.27 bits per heavy atom. The molecule has 0 saturated carbocycles. The number of carbonyl (C=O) groups excluding carboxylic acids is 1. The van der Waals surface area contributed by atoms with Crippen molar-refractivity contribution in [1.82, 2.24) is 5.32 Å². The standard InChI is InChI=1S/C19H23N3O3S/c1-13-10-16-11-17(26(20,24)25)8-9-18(16)22(13)12-19(23)21-14(2)15-6-4-3-5-7-15/h3-9,11,13-14H,10,12H2,1-2H3,(H,21,23)(H2,20,24,25)/t13-,14+/m0/s1. The Hall–Kier alpha value is -2.38. The van der Waals surface area contributed by atoms with Crippen LogP contribution in [0.1, 0.15) is 31.0 Å². The second kappa shape index (κ2) is 7.09. The lowest BCUT2D eigenvalue weighted by Crippen LogP contribution is -2.40. The number of nitrogens with two attached hydrogens (primary N) is 1. The molecule has 1 aliphatic heterocycles. The van der Waals surface area contributed by atoms with Gasteiger partial charge in [-0.3, -0.25) is 4.79 Å². The predicted molar refractivity (Wildman–Crippen MR) is 101 cm³/mol. The van der Waals surface area contributed by atoms with Gasteiger partial charge in [-0.05, 0) is 49.6 Å². The van der Waals surface area contributed by atoms with Gasteiger partial charge in [-0.15, -0.1) is 0 Å². The number of rotatable bonds is 5. The van der Waals surface area contributed by atoms with Gasteiger partial charge < -0.3 is 10.2 Å². The molecule has 2 aromatic carbocycles. The van der Waals surface area contributed by atoms with Crippen LogP contribution < -0.4 is 15.4 Å². The molecule has 0 unspecified atom stereocenters. The highest BCUT2D eigenvalue weighted by molar-refractivity contribution is 7.89. The minimum atomic E-state index is -3.73. The van der Waals surface area contributed by atoms with E-state index in [0.29, 0.717) is 6.42 Å². The van der Waals surface area contributed by atoms with Crippen LogP contribution in [0.2, 0.25) is 0 Å². The Morgan fingerprint density at radius 2 is 1.96 bits per heavy atom. The van der Waals surface area contributed by atoms with Gasteiger partial charge in [0.15, 0.2) is 0 Å². The highest BCUT2D eigenvalue weighted by Crippen LogP contribution is 2.33. The lowest BCUT2D eigenvalue weighted by Gasteiger charge is -2.25. The summed E-state index contributed by atoms with van der Waals surface area (Å²) in [5.74, 6) is -0.0726. The minimum absolute atomic E-state index is 0.0726. The number of amides is 1. The molecule has 1 heterocycles. The number of carbonyl (C=O) groups is 1. The molecular formula is C19H23N3O3S. The molecule has 26 heavy (non-hydrogen) atoms. The summed E-state index contributed by atoms with van der Waals surface area (Å²) in [5, 5.41) is 8.22. The normalized spacial score (nSPS) is 17.7. The van der Waals surface area contributed by atoms with Gasteiger partial charge in [-0.2, -0.15) is 0 Å². The molecule has 0 fully saturated rings. The average molecular weight is 373 g/mol. The topological polar surface area (TPSA) is 92.5 Å². The summed E-state index contributed by atoms with van der Waals surface area (Å²) < 4.78 is 23.1. The molecule has 0 aromatic heterocycles. The number of nitrogens with one attached hydrogen (secondary N) is 1. The number of sulfonamides is 1. The lowest BCUT2D eigenvalue weighted by molar-refractivity contribution is -0.120. The second-order valence-corrected chi connectivity index (χ2v) is 8.28. The van der Waals surface area contributed by atoms with Crippen LogP contribution in [0, 0.1) is 0 Å². The van der Waals surface area contributed by atoms with Crippen LogP contribution >= 0.6 is 0 Å². The Labute approximate surface area is 154 Å². The second-order valence-electron chi connectivity index (χ2n) is 6.72. The molecule has 3 rings (SSSR count). The van der Waals surface area contributed by atoms with Crippen LogP contribution in [0.25, 0.3) is 0 Å². The Morgan fingerprint density at radius 3 is 2.62 bits per heavy atom. The number of primary sulfonamides is 1. The predicted octanol–water partition coefficient (Wildman–Crippen LogP) is 1.96. The van der Waals surface area contributed by atoms with E-state index in [1.807, 2.05) is 49.1 Å². The van der Waals surface area contributed by atoms with E-state index in [9.17, 15) is 13.2 Å². The van der Waals surface area contributed by atoms with E-state index in [-0.39, 0.29) is 29.4 Å². The Kier molecular flexibility index (Phi) is 5.02. The van der Waals surface area contributed by atoms with Crippen molar-refractivity contribution in [3.05, 3.63) is 59.7 Å². The van der Waals surface area contributed by atoms with Crippen molar-refractivity contribution in [3.8, 4) is 0 Å².